The van der Waals surface area contributed by atoms with Gasteiger partial charge in [0.25, 0.3) is 0 Å². The fourth-order valence-corrected chi connectivity index (χ4v) is 7.75. The predicted octanol–water partition coefficient (Wildman–Crippen LogP) is 6.15. The van der Waals surface area contributed by atoms with Crippen LogP contribution in [0.1, 0.15) is 107 Å². The maximum absolute atomic E-state index is 13.6. The molecule has 3 atom stereocenters. The molecule has 0 saturated heterocycles. The minimum absolute atomic E-state index is 0.0273. The van der Waals surface area contributed by atoms with Crippen molar-refractivity contribution >= 4 is 34.5 Å². The largest absolute Gasteiger partial charge is 0.492 e. The van der Waals surface area contributed by atoms with E-state index in [1.165, 1.54) is 0 Å². The Hall–Kier alpha value is -4.45. The number of Topliss-reactive ketones (excluding diaryl/α,β-unsaturated/α-hetero) is 1. The van der Waals surface area contributed by atoms with E-state index in [-0.39, 0.29) is 73.3 Å². The summed E-state index contributed by atoms with van der Waals surface area (Å²) in [7, 11) is 0. The summed E-state index contributed by atoms with van der Waals surface area (Å²) in [5.41, 5.74) is 2.88. The summed E-state index contributed by atoms with van der Waals surface area (Å²) in [6.07, 6.45) is 7.48. The van der Waals surface area contributed by atoms with Gasteiger partial charge >= 0.3 is 5.97 Å². The molecule has 11 heteroatoms. The van der Waals surface area contributed by atoms with Gasteiger partial charge in [-0.3, -0.25) is 9.59 Å². The fourth-order valence-electron chi connectivity index (χ4n) is 7.75. The van der Waals surface area contributed by atoms with Crippen LogP contribution in [0.2, 0.25) is 0 Å². The summed E-state index contributed by atoms with van der Waals surface area (Å²) >= 11 is 0. The van der Waals surface area contributed by atoms with Crippen molar-refractivity contribution < 1.29 is 48.7 Å². The summed E-state index contributed by atoms with van der Waals surface area (Å²) in [5.74, 6) is -0.929. The third-order valence-electron chi connectivity index (χ3n) is 10.5. The third kappa shape index (κ3) is 7.14. The van der Waals surface area contributed by atoms with E-state index in [1.54, 1.807) is 13.8 Å². The number of allylic oxidation sites excluding steroid dienone is 3. The Bertz CT molecular complexity index is 1900. The number of H-pyrrole nitrogens is 1. The first-order valence-electron chi connectivity index (χ1n) is 18.5. The zero-order valence-corrected chi connectivity index (χ0v) is 30.2. The Kier molecular flexibility index (Phi) is 11.5. The van der Waals surface area contributed by atoms with Crippen LogP contribution in [0.3, 0.4) is 0 Å². The molecule has 3 aliphatic rings. The first-order chi connectivity index (χ1) is 25.2. The molecule has 3 aromatic rings. The molecule has 1 fully saturated rings. The van der Waals surface area contributed by atoms with E-state index in [4.69, 9.17) is 18.9 Å². The number of esters is 1. The van der Waals surface area contributed by atoms with Gasteiger partial charge in [0.1, 0.15) is 29.1 Å². The standard InChI is InChI=1S/C41H49NO10/c1-4-6-7-8-15-41(3,48)33-21-28-36(51-33)30(23-45)38-35(37(28)50-18-9-17-43)34(29(22-44)39(52-38)40(47)49-5-2)26-11-13-32(46)27(20-26)24-10-12-31-25(19-24)14-16-42-31/h10,12,14,16,19,22,27,33,42-43,45,48H,4-9,11,13,15,17-18,20-21,23H2,1-3H3/t27-,33-,41-/m0/s1. The number of aromatic nitrogens is 1. The van der Waals surface area contributed by atoms with Crippen LogP contribution in [0, 0.1) is 0 Å². The van der Waals surface area contributed by atoms with E-state index in [9.17, 15) is 29.7 Å². The number of aliphatic hydroxyl groups is 3. The van der Waals surface area contributed by atoms with Gasteiger partial charge in [0, 0.05) is 54.6 Å². The van der Waals surface area contributed by atoms with Crippen molar-refractivity contribution in [2.75, 3.05) is 19.8 Å². The number of benzene rings is 2. The molecule has 0 amide bonds. The zero-order chi connectivity index (χ0) is 37.0. The van der Waals surface area contributed by atoms with E-state index in [0.29, 0.717) is 48.0 Å². The highest BCUT2D eigenvalue weighted by molar-refractivity contribution is 6.11. The van der Waals surface area contributed by atoms with Gasteiger partial charge in [-0.25, -0.2) is 4.79 Å². The van der Waals surface area contributed by atoms with Gasteiger partial charge in [-0.05, 0) is 62.3 Å². The van der Waals surface area contributed by atoms with Crippen LogP contribution in [-0.2, 0) is 32.1 Å². The van der Waals surface area contributed by atoms with Crippen LogP contribution < -0.4 is 14.2 Å². The van der Waals surface area contributed by atoms with Crippen molar-refractivity contribution in [2.45, 2.75) is 109 Å². The number of ether oxygens (including phenoxy) is 4. The molecular weight excluding hydrogens is 666 g/mol. The lowest BCUT2D eigenvalue weighted by Gasteiger charge is -2.32. The molecule has 1 saturated carbocycles. The smallest absolute Gasteiger partial charge is 0.375 e. The minimum atomic E-state index is -1.22. The maximum Gasteiger partial charge on any atom is 0.375 e. The van der Waals surface area contributed by atoms with E-state index < -0.39 is 30.2 Å². The predicted molar refractivity (Wildman–Crippen MR) is 194 cm³/mol. The Morgan fingerprint density at radius 1 is 1.08 bits per heavy atom. The van der Waals surface area contributed by atoms with Gasteiger partial charge in [-0.15, -0.1) is 0 Å². The SMILES string of the molecule is CCCCCC[C@](C)(O)[C@@H]1Cc2c(c(CO)c3c(c2OCCCO)C(=C2CCC(=O)[C@H](c4ccc5[nH]ccc5c4)C2)C(C=O)=C(C(=O)OCC)O3)O1. The third-order valence-corrected chi connectivity index (χ3v) is 10.5. The van der Waals surface area contributed by atoms with E-state index in [0.717, 1.165) is 47.7 Å². The second-order valence-corrected chi connectivity index (χ2v) is 14.1. The zero-order valence-electron chi connectivity index (χ0n) is 30.2. The van der Waals surface area contributed by atoms with Crippen molar-refractivity contribution in [3.05, 3.63) is 69.6 Å². The van der Waals surface area contributed by atoms with Crippen molar-refractivity contribution in [2.24, 2.45) is 0 Å². The van der Waals surface area contributed by atoms with E-state index >= 15 is 0 Å². The van der Waals surface area contributed by atoms with Crippen LogP contribution >= 0.6 is 0 Å². The van der Waals surface area contributed by atoms with Crippen LogP contribution in [0.15, 0.2) is 47.4 Å². The number of aldehydes is 1. The number of unbranched alkanes of at least 4 members (excludes halogenated alkanes) is 3. The number of hydrogen-bond donors (Lipinski definition) is 4. The monoisotopic (exact) mass is 715 g/mol. The molecule has 2 aromatic carbocycles. The molecule has 1 aromatic heterocycles. The molecule has 0 bridgehead atoms. The second-order valence-electron chi connectivity index (χ2n) is 14.1. The first-order valence-corrected chi connectivity index (χ1v) is 18.5. The summed E-state index contributed by atoms with van der Waals surface area (Å²) in [5, 5.41) is 33.3. The molecule has 3 heterocycles. The van der Waals surface area contributed by atoms with Crippen molar-refractivity contribution in [3.8, 4) is 17.2 Å². The van der Waals surface area contributed by atoms with Crippen LogP contribution in [0.4, 0.5) is 0 Å². The minimum Gasteiger partial charge on any atom is -0.492 e. The second kappa shape index (κ2) is 16.1. The molecule has 4 N–H and O–H groups in total. The maximum atomic E-state index is 13.6. The van der Waals surface area contributed by atoms with Crippen molar-refractivity contribution in [1.82, 2.24) is 4.98 Å². The van der Waals surface area contributed by atoms with E-state index in [1.807, 2.05) is 30.5 Å². The Morgan fingerprint density at radius 3 is 2.63 bits per heavy atom. The van der Waals surface area contributed by atoms with Gasteiger partial charge < -0.3 is 39.3 Å². The summed E-state index contributed by atoms with van der Waals surface area (Å²) in [4.78, 5) is 43.3. The number of carbonyl (C=O) groups is 3. The number of aliphatic hydroxyl groups excluding tert-OH is 2. The summed E-state index contributed by atoms with van der Waals surface area (Å²) in [6, 6.07) is 7.81. The number of ketones is 1. The number of nitrogens with one attached hydrogen (secondary N) is 1. The Morgan fingerprint density at radius 2 is 1.90 bits per heavy atom. The molecule has 278 valence electrons. The van der Waals surface area contributed by atoms with Gasteiger partial charge in [0.2, 0.25) is 5.76 Å². The molecule has 0 spiro atoms. The molecule has 2 aliphatic heterocycles. The summed E-state index contributed by atoms with van der Waals surface area (Å²) in [6.45, 7) is 4.99. The average Bonchev–Trinajstić information content (AvgIpc) is 3.81. The lowest BCUT2D eigenvalue weighted by Crippen LogP contribution is -2.42. The number of hydrogen-bond acceptors (Lipinski definition) is 10. The highest BCUT2D eigenvalue weighted by Crippen LogP contribution is 2.56. The molecule has 52 heavy (non-hydrogen) atoms. The Balaban J connectivity index is 1.55. The topological polar surface area (TPSA) is 165 Å². The molecular formula is C41H49NO10. The van der Waals surface area contributed by atoms with Crippen LogP contribution in [0.25, 0.3) is 16.5 Å². The summed E-state index contributed by atoms with van der Waals surface area (Å²) < 4.78 is 24.6. The Labute approximate surface area is 303 Å². The molecule has 1 aliphatic carbocycles. The molecule has 11 nitrogen and oxygen atoms in total. The fraction of sp³-hybridized carbons (Fsp3) is 0.488. The average molecular weight is 716 g/mol. The van der Waals surface area contributed by atoms with E-state index in [2.05, 4.69) is 11.9 Å². The first kappa shape index (κ1) is 37.3. The van der Waals surface area contributed by atoms with Crippen molar-refractivity contribution in [1.29, 1.82) is 0 Å². The number of rotatable bonds is 15. The van der Waals surface area contributed by atoms with Crippen molar-refractivity contribution in [3.63, 3.8) is 0 Å². The van der Waals surface area contributed by atoms with Crippen LogP contribution in [-0.4, -0.2) is 69.9 Å². The van der Waals surface area contributed by atoms with Gasteiger partial charge in [0.05, 0.1) is 42.1 Å². The lowest BCUT2D eigenvalue weighted by molar-refractivity contribution is -0.141. The molecule has 6 rings (SSSR count). The number of carbonyl (C=O) groups excluding carboxylic acids is 3. The highest BCUT2D eigenvalue weighted by Gasteiger charge is 2.46. The van der Waals surface area contributed by atoms with Gasteiger partial charge in [-0.2, -0.15) is 0 Å². The number of aromatic amines is 1. The van der Waals surface area contributed by atoms with Crippen LogP contribution in [0.5, 0.6) is 17.2 Å². The van der Waals surface area contributed by atoms with Gasteiger partial charge in [-0.1, -0.05) is 44.2 Å². The van der Waals surface area contributed by atoms with Gasteiger partial charge in [0.15, 0.2) is 6.29 Å². The normalized spacial score (nSPS) is 20.9. The highest BCUT2D eigenvalue weighted by atomic mass is 16.6. The number of fused-ring (bicyclic) bond motifs is 3. The molecule has 0 unspecified atom stereocenters. The quantitative estimate of drug-likeness (QED) is 0.0816. The lowest BCUT2D eigenvalue weighted by atomic mass is 9.75. The molecule has 0 radical (unpaired) electrons.